The summed E-state index contributed by atoms with van der Waals surface area (Å²) < 4.78 is 2.56. The van der Waals surface area contributed by atoms with Gasteiger partial charge in [-0.1, -0.05) is 18.1 Å². The van der Waals surface area contributed by atoms with Gasteiger partial charge in [0.2, 0.25) is 0 Å². The minimum Gasteiger partial charge on any atom is -0.409 e. The SMILES string of the molecule is CCSc1cccc(-n2cc(Br)cn2)c1/C(N)=N/O. The molecule has 100 valence electrons. The van der Waals surface area contributed by atoms with Crippen molar-refractivity contribution < 1.29 is 5.21 Å². The van der Waals surface area contributed by atoms with E-state index in [1.54, 1.807) is 22.6 Å². The Bertz CT molecular complexity index is 612. The first-order valence-electron chi connectivity index (χ1n) is 5.61. The Labute approximate surface area is 123 Å². The van der Waals surface area contributed by atoms with Crippen LogP contribution in [0.15, 0.2) is 45.1 Å². The quantitative estimate of drug-likeness (QED) is 0.295. The Kier molecular flexibility index (Phi) is 4.49. The van der Waals surface area contributed by atoms with Crippen LogP contribution in [0, 0.1) is 0 Å². The number of nitrogens with zero attached hydrogens (tertiary/aromatic N) is 3. The predicted molar refractivity (Wildman–Crippen MR) is 80.2 cm³/mol. The van der Waals surface area contributed by atoms with Gasteiger partial charge in [0.25, 0.3) is 0 Å². The van der Waals surface area contributed by atoms with Crippen LogP contribution in [0.4, 0.5) is 0 Å². The van der Waals surface area contributed by atoms with E-state index in [1.807, 2.05) is 24.4 Å². The molecule has 0 spiro atoms. The number of aromatic nitrogens is 2. The maximum Gasteiger partial charge on any atom is 0.173 e. The zero-order valence-corrected chi connectivity index (χ0v) is 12.6. The number of rotatable bonds is 4. The minimum absolute atomic E-state index is 0.0816. The van der Waals surface area contributed by atoms with E-state index < -0.39 is 0 Å². The maximum atomic E-state index is 8.97. The van der Waals surface area contributed by atoms with Gasteiger partial charge >= 0.3 is 0 Å². The van der Waals surface area contributed by atoms with Gasteiger partial charge in [0.05, 0.1) is 21.9 Å². The summed E-state index contributed by atoms with van der Waals surface area (Å²) in [5.41, 5.74) is 7.27. The van der Waals surface area contributed by atoms with Gasteiger partial charge in [-0.25, -0.2) is 4.68 Å². The van der Waals surface area contributed by atoms with Crippen LogP contribution in [-0.2, 0) is 0 Å². The predicted octanol–water partition coefficient (Wildman–Crippen LogP) is 2.84. The molecule has 7 heteroatoms. The molecule has 3 N–H and O–H groups in total. The van der Waals surface area contributed by atoms with Crippen LogP contribution in [0.2, 0.25) is 0 Å². The number of benzene rings is 1. The van der Waals surface area contributed by atoms with E-state index in [-0.39, 0.29) is 5.84 Å². The fourth-order valence-corrected chi connectivity index (χ4v) is 2.85. The zero-order valence-electron chi connectivity index (χ0n) is 10.2. The number of thioether (sulfide) groups is 1. The number of nitrogens with two attached hydrogens (primary N) is 1. The van der Waals surface area contributed by atoms with Crippen molar-refractivity contribution in [2.75, 3.05) is 5.75 Å². The summed E-state index contributed by atoms with van der Waals surface area (Å²) in [6, 6.07) is 5.76. The van der Waals surface area contributed by atoms with Crippen LogP contribution in [0.1, 0.15) is 12.5 Å². The second-order valence-corrected chi connectivity index (χ2v) is 5.89. The van der Waals surface area contributed by atoms with Crippen LogP contribution in [-0.4, -0.2) is 26.6 Å². The van der Waals surface area contributed by atoms with E-state index in [2.05, 4.69) is 33.1 Å². The topological polar surface area (TPSA) is 76.4 Å². The van der Waals surface area contributed by atoms with Gasteiger partial charge in [0.1, 0.15) is 0 Å². The average Bonchev–Trinajstić information content (AvgIpc) is 2.84. The molecule has 0 amide bonds. The lowest BCUT2D eigenvalue weighted by atomic mass is 10.1. The Morgan fingerprint density at radius 2 is 2.37 bits per heavy atom. The fourth-order valence-electron chi connectivity index (χ4n) is 1.73. The average molecular weight is 341 g/mol. The third kappa shape index (κ3) is 2.93. The molecule has 0 unspecified atom stereocenters. The molecule has 1 heterocycles. The number of oxime groups is 1. The molecule has 1 aromatic carbocycles. The Morgan fingerprint density at radius 3 is 2.95 bits per heavy atom. The molecule has 0 radical (unpaired) electrons. The van der Waals surface area contributed by atoms with Gasteiger partial charge in [-0.05, 0) is 33.8 Å². The summed E-state index contributed by atoms with van der Waals surface area (Å²) in [7, 11) is 0. The summed E-state index contributed by atoms with van der Waals surface area (Å²) in [5.74, 6) is 0.982. The molecular formula is C12H13BrN4OS. The van der Waals surface area contributed by atoms with Gasteiger partial charge in [-0.15, -0.1) is 11.8 Å². The van der Waals surface area contributed by atoms with E-state index in [9.17, 15) is 0 Å². The molecule has 0 atom stereocenters. The van der Waals surface area contributed by atoms with Crippen molar-refractivity contribution >= 4 is 33.5 Å². The summed E-state index contributed by atoms with van der Waals surface area (Å²) in [6.45, 7) is 2.05. The van der Waals surface area contributed by atoms with E-state index in [0.717, 1.165) is 20.8 Å². The molecule has 0 aliphatic rings. The van der Waals surface area contributed by atoms with Crippen LogP contribution in [0.25, 0.3) is 5.69 Å². The normalized spacial score (nSPS) is 11.8. The third-order valence-electron chi connectivity index (χ3n) is 2.47. The number of halogens is 1. The molecule has 1 aromatic heterocycles. The monoisotopic (exact) mass is 340 g/mol. The van der Waals surface area contributed by atoms with Crippen molar-refractivity contribution in [3.63, 3.8) is 0 Å². The van der Waals surface area contributed by atoms with Crippen molar-refractivity contribution in [3.05, 3.63) is 40.6 Å². The van der Waals surface area contributed by atoms with Gasteiger partial charge in [0.15, 0.2) is 5.84 Å². The van der Waals surface area contributed by atoms with Crippen LogP contribution in [0.5, 0.6) is 0 Å². The Morgan fingerprint density at radius 1 is 1.58 bits per heavy atom. The van der Waals surface area contributed by atoms with Gasteiger partial charge in [-0.3, -0.25) is 0 Å². The summed E-state index contributed by atoms with van der Waals surface area (Å²) in [6.07, 6.45) is 3.51. The van der Waals surface area contributed by atoms with Gasteiger partial charge < -0.3 is 10.9 Å². The lowest BCUT2D eigenvalue weighted by Crippen LogP contribution is -2.18. The molecule has 5 nitrogen and oxygen atoms in total. The van der Waals surface area contributed by atoms with Gasteiger partial charge in [0, 0.05) is 11.1 Å². The lowest BCUT2D eigenvalue weighted by Gasteiger charge is -2.12. The van der Waals surface area contributed by atoms with E-state index in [1.165, 1.54) is 0 Å². The summed E-state index contributed by atoms with van der Waals surface area (Å²) in [5, 5.41) is 16.3. The molecular weight excluding hydrogens is 328 g/mol. The first-order chi connectivity index (χ1) is 9.17. The highest BCUT2D eigenvalue weighted by Gasteiger charge is 2.15. The van der Waals surface area contributed by atoms with Crippen LogP contribution >= 0.6 is 27.7 Å². The number of hydrogen-bond donors (Lipinski definition) is 2. The molecule has 0 fully saturated rings. The Balaban J connectivity index is 2.63. The molecule has 0 saturated carbocycles. The lowest BCUT2D eigenvalue weighted by molar-refractivity contribution is 0.318. The molecule has 0 saturated heterocycles. The highest BCUT2D eigenvalue weighted by Crippen LogP contribution is 2.27. The molecule has 0 aliphatic heterocycles. The second-order valence-electron chi connectivity index (χ2n) is 3.67. The smallest absolute Gasteiger partial charge is 0.173 e. The maximum absolute atomic E-state index is 8.97. The Hall–Kier alpha value is -1.47. The van der Waals surface area contributed by atoms with E-state index in [4.69, 9.17) is 10.9 Å². The minimum atomic E-state index is 0.0816. The second kappa shape index (κ2) is 6.12. The summed E-state index contributed by atoms with van der Waals surface area (Å²) in [4.78, 5) is 0.960. The molecule has 2 aromatic rings. The van der Waals surface area contributed by atoms with E-state index in [0.29, 0.717) is 5.56 Å². The van der Waals surface area contributed by atoms with Crippen molar-refractivity contribution in [3.8, 4) is 5.69 Å². The fraction of sp³-hybridized carbons (Fsp3) is 0.167. The standard InChI is InChI=1S/C12H13BrN4OS/c1-2-19-10-5-3-4-9(11(10)12(14)16-18)17-7-8(13)6-15-17/h3-7,18H,2H2,1H3,(H2,14,16). The van der Waals surface area contributed by atoms with Gasteiger partial charge in [-0.2, -0.15) is 5.10 Å². The molecule has 0 bridgehead atoms. The largest absolute Gasteiger partial charge is 0.409 e. The zero-order chi connectivity index (χ0) is 13.8. The van der Waals surface area contributed by atoms with Crippen LogP contribution < -0.4 is 5.73 Å². The van der Waals surface area contributed by atoms with Crippen molar-refractivity contribution in [2.24, 2.45) is 10.9 Å². The van der Waals surface area contributed by atoms with Crippen LogP contribution in [0.3, 0.4) is 0 Å². The number of amidine groups is 1. The highest BCUT2D eigenvalue weighted by atomic mass is 79.9. The van der Waals surface area contributed by atoms with Crippen molar-refractivity contribution in [2.45, 2.75) is 11.8 Å². The first-order valence-corrected chi connectivity index (χ1v) is 7.39. The van der Waals surface area contributed by atoms with Crippen molar-refractivity contribution in [1.82, 2.24) is 9.78 Å². The van der Waals surface area contributed by atoms with Crippen molar-refractivity contribution in [1.29, 1.82) is 0 Å². The molecule has 2 rings (SSSR count). The first kappa shape index (κ1) is 14.0. The summed E-state index contributed by atoms with van der Waals surface area (Å²) >= 11 is 4.99. The van der Waals surface area contributed by atoms with E-state index >= 15 is 0 Å². The highest BCUT2D eigenvalue weighted by molar-refractivity contribution is 9.10. The molecule has 19 heavy (non-hydrogen) atoms. The third-order valence-corrected chi connectivity index (χ3v) is 3.82. The number of hydrogen-bond acceptors (Lipinski definition) is 4. The molecule has 0 aliphatic carbocycles.